The summed E-state index contributed by atoms with van der Waals surface area (Å²) in [7, 11) is 0. The van der Waals surface area contributed by atoms with Gasteiger partial charge in [-0.15, -0.1) is 6.58 Å². The van der Waals surface area contributed by atoms with Gasteiger partial charge in [0, 0.05) is 6.04 Å². The lowest BCUT2D eigenvalue weighted by atomic mass is 10.0. The summed E-state index contributed by atoms with van der Waals surface area (Å²) in [4.78, 5) is 0. The Morgan fingerprint density at radius 1 is 1.47 bits per heavy atom. The van der Waals surface area contributed by atoms with Crippen LogP contribution < -0.4 is 10.1 Å². The van der Waals surface area contributed by atoms with Crippen LogP contribution in [0, 0.1) is 0 Å². The van der Waals surface area contributed by atoms with Crippen molar-refractivity contribution in [1.82, 2.24) is 5.32 Å². The van der Waals surface area contributed by atoms with Crippen LogP contribution in [-0.2, 0) is 0 Å². The van der Waals surface area contributed by atoms with Gasteiger partial charge in [0.25, 0.3) is 0 Å². The Hall–Kier alpha value is -1.42. The largest absolute Gasteiger partial charge is 0.435 e. The summed E-state index contributed by atoms with van der Waals surface area (Å²) in [6, 6.07) is 6.82. The molecule has 0 radical (unpaired) electrons. The highest BCUT2D eigenvalue weighted by Crippen LogP contribution is 2.23. The van der Waals surface area contributed by atoms with Crippen molar-refractivity contribution in [1.29, 1.82) is 0 Å². The highest BCUT2D eigenvalue weighted by molar-refractivity contribution is 5.31. The van der Waals surface area contributed by atoms with E-state index in [2.05, 4.69) is 16.6 Å². The summed E-state index contributed by atoms with van der Waals surface area (Å²) in [5.74, 6) is 0.185. The fourth-order valence-corrected chi connectivity index (χ4v) is 1.66. The van der Waals surface area contributed by atoms with Crippen LogP contribution in [0.2, 0.25) is 0 Å². The maximum Gasteiger partial charge on any atom is 0.387 e. The Morgan fingerprint density at radius 2 is 2.24 bits per heavy atom. The number of hydrogen-bond acceptors (Lipinski definition) is 2. The average Bonchev–Trinajstić information content (AvgIpc) is 2.28. The molecule has 1 aromatic rings. The van der Waals surface area contributed by atoms with Crippen molar-refractivity contribution in [3.05, 3.63) is 42.5 Å². The van der Waals surface area contributed by atoms with Gasteiger partial charge in [-0.3, -0.25) is 0 Å². The van der Waals surface area contributed by atoms with Crippen LogP contribution in [0.15, 0.2) is 36.9 Å². The van der Waals surface area contributed by atoms with Crippen LogP contribution in [0.1, 0.15) is 24.9 Å². The summed E-state index contributed by atoms with van der Waals surface area (Å²) >= 11 is 0. The molecule has 0 saturated heterocycles. The van der Waals surface area contributed by atoms with Crippen LogP contribution in [0.25, 0.3) is 0 Å². The topological polar surface area (TPSA) is 21.3 Å². The molecule has 94 valence electrons. The Balaban J connectivity index is 2.83. The first-order valence-corrected chi connectivity index (χ1v) is 5.56. The molecule has 4 heteroatoms. The van der Waals surface area contributed by atoms with Gasteiger partial charge in [0.05, 0.1) is 0 Å². The Bertz CT molecular complexity index is 355. The molecule has 0 amide bonds. The number of benzene rings is 1. The number of ether oxygens (including phenoxy) is 1. The summed E-state index contributed by atoms with van der Waals surface area (Å²) in [5, 5.41) is 3.27. The van der Waals surface area contributed by atoms with Crippen molar-refractivity contribution in [2.45, 2.75) is 26.0 Å². The van der Waals surface area contributed by atoms with Gasteiger partial charge in [-0.05, 0) is 30.7 Å². The SMILES string of the molecule is C=CCC(NCC)c1cccc(OC(F)F)c1. The van der Waals surface area contributed by atoms with Crippen LogP contribution in [0.3, 0.4) is 0 Å². The molecule has 17 heavy (non-hydrogen) atoms. The zero-order chi connectivity index (χ0) is 12.7. The quantitative estimate of drug-likeness (QED) is 0.737. The summed E-state index contributed by atoms with van der Waals surface area (Å²) in [6.45, 7) is 3.70. The van der Waals surface area contributed by atoms with Gasteiger partial charge in [-0.2, -0.15) is 8.78 Å². The number of halogens is 2. The molecule has 0 aromatic heterocycles. The monoisotopic (exact) mass is 241 g/mol. The van der Waals surface area contributed by atoms with Gasteiger partial charge in [0.1, 0.15) is 5.75 Å². The minimum Gasteiger partial charge on any atom is -0.435 e. The molecule has 0 aliphatic heterocycles. The second-order valence-electron chi connectivity index (χ2n) is 3.59. The lowest BCUT2D eigenvalue weighted by Gasteiger charge is -2.17. The molecule has 0 aliphatic carbocycles. The van der Waals surface area contributed by atoms with E-state index in [1.807, 2.05) is 13.0 Å². The molecule has 0 bridgehead atoms. The summed E-state index contributed by atoms with van der Waals surface area (Å²) in [6.07, 6.45) is 2.54. The van der Waals surface area contributed by atoms with E-state index in [-0.39, 0.29) is 11.8 Å². The number of hydrogen-bond donors (Lipinski definition) is 1. The standard InChI is InChI=1S/C13H17F2NO/c1-3-6-12(16-4-2)10-7-5-8-11(9-10)17-13(14)15/h3,5,7-9,12-13,16H,1,4,6H2,2H3. The maximum atomic E-state index is 12.1. The fourth-order valence-electron chi connectivity index (χ4n) is 1.66. The molecule has 0 heterocycles. The normalized spacial score (nSPS) is 12.5. The van der Waals surface area contributed by atoms with E-state index in [1.165, 1.54) is 6.07 Å². The van der Waals surface area contributed by atoms with Crippen molar-refractivity contribution >= 4 is 0 Å². The molecule has 0 aliphatic rings. The number of alkyl halides is 2. The maximum absolute atomic E-state index is 12.1. The Kier molecular flexibility index (Phi) is 5.63. The van der Waals surface area contributed by atoms with E-state index in [9.17, 15) is 8.78 Å². The van der Waals surface area contributed by atoms with E-state index in [0.717, 1.165) is 18.5 Å². The molecule has 1 aromatic carbocycles. The molecule has 0 saturated carbocycles. The first-order chi connectivity index (χ1) is 8.17. The van der Waals surface area contributed by atoms with Crippen molar-refractivity contribution in [2.24, 2.45) is 0 Å². The minimum atomic E-state index is -2.79. The lowest BCUT2D eigenvalue weighted by molar-refractivity contribution is -0.0499. The average molecular weight is 241 g/mol. The second-order valence-corrected chi connectivity index (χ2v) is 3.59. The van der Waals surface area contributed by atoms with Gasteiger partial charge in [0.15, 0.2) is 0 Å². The zero-order valence-corrected chi connectivity index (χ0v) is 9.83. The number of nitrogens with one attached hydrogen (secondary N) is 1. The summed E-state index contributed by atoms with van der Waals surface area (Å²) < 4.78 is 28.6. The van der Waals surface area contributed by atoms with Gasteiger partial charge < -0.3 is 10.1 Å². The molecular formula is C13H17F2NO. The van der Waals surface area contributed by atoms with Crippen molar-refractivity contribution in [2.75, 3.05) is 6.54 Å². The predicted octanol–water partition coefficient (Wildman–Crippen LogP) is 3.51. The van der Waals surface area contributed by atoms with Crippen molar-refractivity contribution in [3.8, 4) is 5.75 Å². The van der Waals surface area contributed by atoms with Gasteiger partial charge >= 0.3 is 6.61 Å². The third-order valence-corrected chi connectivity index (χ3v) is 2.34. The highest BCUT2D eigenvalue weighted by atomic mass is 19.3. The molecule has 1 atom stereocenters. The molecular weight excluding hydrogens is 224 g/mol. The van der Waals surface area contributed by atoms with Gasteiger partial charge in [0.2, 0.25) is 0 Å². The van der Waals surface area contributed by atoms with Crippen molar-refractivity contribution < 1.29 is 13.5 Å². The van der Waals surface area contributed by atoms with Crippen LogP contribution in [-0.4, -0.2) is 13.2 Å². The summed E-state index contributed by atoms with van der Waals surface area (Å²) in [5.41, 5.74) is 0.921. The first kappa shape index (κ1) is 13.6. The van der Waals surface area contributed by atoms with E-state index in [4.69, 9.17) is 0 Å². The van der Waals surface area contributed by atoms with Crippen LogP contribution in [0.4, 0.5) is 8.78 Å². The smallest absolute Gasteiger partial charge is 0.387 e. The van der Waals surface area contributed by atoms with Gasteiger partial charge in [-0.25, -0.2) is 0 Å². The Labute approximate surface area is 100 Å². The van der Waals surface area contributed by atoms with Gasteiger partial charge in [-0.1, -0.05) is 25.1 Å². The van der Waals surface area contributed by atoms with Crippen LogP contribution in [0.5, 0.6) is 5.75 Å². The third-order valence-electron chi connectivity index (χ3n) is 2.34. The van der Waals surface area contributed by atoms with E-state index in [1.54, 1.807) is 18.2 Å². The lowest BCUT2D eigenvalue weighted by Crippen LogP contribution is -2.20. The molecule has 2 nitrogen and oxygen atoms in total. The number of rotatable bonds is 7. The predicted molar refractivity (Wildman–Crippen MR) is 64.3 cm³/mol. The fraction of sp³-hybridized carbons (Fsp3) is 0.385. The second kappa shape index (κ2) is 7.01. The molecule has 0 fully saturated rings. The minimum absolute atomic E-state index is 0.0822. The van der Waals surface area contributed by atoms with Crippen LogP contribution >= 0.6 is 0 Å². The van der Waals surface area contributed by atoms with E-state index >= 15 is 0 Å². The Morgan fingerprint density at radius 3 is 2.82 bits per heavy atom. The third kappa shape index (κ3) is 4.53. The molecule has 1 unspecified atom stereocenters. The zero-order valence-electron chi connectivity index (χ0n) is 9.83. The first-order valence-electron chi connectivity index (χ1n) is 5.56. The molecule has 1 rings (SSSR count). The van der Waals surface area contributed by atoms with E-state index in [0.29, 0.717) is 0 Å². The van der Waals surface area contributed by atoms with Crippen molar-refractivity contribution in [3.63, 3.8) is 0 Å². The molecule has 0 spiro atoms. The van der Waals surface area contributed by atoms with E-state index < -0.39 is 6.61 Å². The highest BCUT2D eigenvalue weighted by Gasteiger charge is 2.10. The molecule has 1 N–H and O–H groups in total.